The summed E-state index contributed by atoms with van der Waals surface area (Å²) in [6, 6.07) is 26.1. The van der Waals surface area contributed by atoms with Crippen LogP contribution in [0.5, 0.6) is 0 Å². The minimum Gasteiger partial charge on any atom is -0.0622 e. The summed E-state index contributed by atoms with van der Waals surface area (Å²) >= 11 is 0. The Hall–Kier alpha value is -2.34. The van der Waals surface area contributed by atoms with Crippen LogP contribution in [0.3, 0.4) is 0 Å². The Morgan fingerprint density at radius 2 is 1.09 bits per heavy atom. The number of hydrogen-bond donors (Lipinski definition) is 0. The molecule has 0 spiro atoms. The summed E-state index contributed by atoms with van der Waals surface area (Å²) in [6.07, 6.45) is 0. The molecule has 0 aliphatic heterocycles. The molecular weight excluding hydrogens is 264 g/mol. The monoisotopic (exact) mass is 286 g/mol. The van der Waals surface area contributed by atoms with Crippen molar-refractivity contribution in [1.29, 1.82) is 0 Å². The van der Waals surface area contributed by atoms with Crippen molar-refractivity contribution < 1.29 is 0 Å². The van der Waals surface area contributed by atoms with Gasteiger partial charge in [0.2, 0.25) is 0 Å². The molecule has 3 rings (SSSR count). The summed E-state index contributed by atoms with van der Waals surface area (Å²) < 4.78 is 0. The Morgan fingerprint density at radius 1 is 0.591 bits per heavy atom. The van der Waals surface area contributed by atoms with Gasteiger partial charge >= 0.3 is 0 Å². The lowest BCUT2D eigenvalue weighted by Crippen LogP contribution is -1.92. The molecule has 0 fully saturated rings. The average molecular weight is 286 g/mol. The molecule has 3 aromatic rings. The van der Waals surface area contributed by atoms with Gasteiger partial charge in [-0.3, -0.25) is 0 Å². The molecular formula is C22H22. The molecule has 0 heterocycles. The van der Waals surface area contributed by atoms with Crippen LogP contribution in [0.4, 0.5) is 0 Å². The van der Waals surface area contributed by atoms with Crippen molar-refractivity contribution in [2.45, 2.75) is 26.7 Å². The normalized spacial score (nSPS) is 10.9. The number of aryl methyl sites for hydroxylation is 1. The summed E-state index contributed by atoms with van der Waals surface area (Å²) in [5.74, 6) is 0.578. The molecule has 0 atom stereocenters. The molecule has 0 radical (unpaired) electrons. The van der Waals surface area contributed by atoms with Crippen molar-refractivity contribution in [2.75, 3.05) is 0 Å². The van der Waals surface area contributed by atoms with E-state index in [4.69, 9.17) is 0 Å². The van der Waals surface area contributed by atoms with Crippen LogP contribution in [0.15, 0.2) is 72.8 Å². The molecule has 0 N–H and O–H groups in total. The maximum atomic E-state index is 2.30. The Balaban J connectivity index is 1.92. The molecule has 0 nitrogen and oxygen atoms in total. The second kappa shape index (κ2) is 6.19. The fourth-order valence-electron chi connectivity index (χ4n) is 2.99. The van der Waals surface area contributed by atoms with E-state index in [1.165, 1.54) is 33.4 Å². The molecule has 0 aromatic heterocycles. The van der Waals surface area contributed by atoms with Gasteiger partial charge in [0.25, 0.3) is 0 Å². The van der Waals surface area contributed by atoms with Gasteiger partial charge in [-0.1, -0.05) is 86.6 Å². The smallest absolute Gasteiger partial charge is 0.0181 e. The highest BCUT2D eigenvalue weighted by Crippen LogP contribution is 2.28. The third-order valence-electron chi connectivity index (χ3n) is 4.22. The largest absolute Gasteiger partial charge is 0.0622 e. The topological polar surface area (TPSA) is 0 Å². The van der Waals surface area contributed by atoms with Crippen LogP contribution in [0.1, 0.15) is 30.9 Å². The van der Waals surface area contributed by atoms with Gasteiger partial charge in [0, 0.05) is 0 Å². The lowest BCUT2D eigenvalue weighted by atomic mass is 9.93. The highest BCUT2D eigenvalue weighted by atomic mass is 14.1. The number of benzene rings is 3. The summed E-state index contributed by atoms with van der Waals surface area (Å²) in [5, 5.41) is 0. The van der Waals surface area contributed by atoms with Crippen molar-refractivity contribution in [3.05, 3.63) is 83.9 Å². The van der Waals surface area contributed by atoms with Gasteiger partial charge in [-0.25, -0.2) is 0 Å². The minimum atomic E-state index is 0.578. The second-order valence-electron chi connectivity index (χ2n) is 6.17. The van der Waals surface area contributed by atoms with E-state index in [1.807, 2.05) is 0 Å². The summed E-state index contributed by atoms with van der Waals surface area (Å²) in [5.41, 5.74) is 7.91. The van der Waals surface area contributed by atoms with E-state index in [2.05, 4.69) is 93.6 Å². The number of hydrogen-bond acceptors (Lipinski definition) is 0. The van der Waals surface area contributed by atoms with E-state index in [1.54, 1.807) is 0 Å². The zero-order valence-corrected chi connectivity index (χ0v) is 13.5. The van der Waals surface area contributed by atoms with Crippen LogP contribution in [-0.4, -0.2) is 0 Å². The highest BCUT2D eigenvalue weighted by Gasteiger charge is 2.06. The van der Waals surface area contributed by atoms with Crippen molar-refractivity contribution in [3.8, 4) is 22.3 Å². The average Bonchev–Trinajstić information content (AvgIpc) is 2.55. The Morgan fingerprint density at radius 3 is 1.64 bits per heavy atom. The van der Waals surface area contributed by atoms with Crippen molar-refractivity contribution in [3.63, 3.8) is 0 Å². The van der Waals surface area contributed by atoms with Crippen molar-refractivity contribution in [1.82, 2.24) is 0 Å². The van der Waals surface area contributed by atoms with E-state index >= 15 is 0 Å². The van der Waals surface area contributed by atoms with Gasteiger partial charge in [0.1, 0.15) is 0 Å². The Bertz CT molecular complexity index is 750. The van der Waals surface area contributed by atoms with Crippen LogP contribution in [-0.2, 0) is 0 Å². The first kappa shape index (κ1) is 14.6. The lowest BCUT2D eigenvalue weighted by molar-refractivity contribution is 0.857. The first-order valence-electron chi connectivity index (χ1n) is 7.91. The molecule has 0 aliphatic carbocycles. The first-order chi connectivity index (χ1) is 10.6. The molecule has 0 aliphatic rings. The molecule has 0 saturated carbocycles. The first-order valence-corrected chi connectivity index (χ1v) is 7.91. The zero-order valence-electron chi connectivity index (χ0n) is 13.5. The highest BCUT2D eigenvalue weighted by molar-refractivity contribution is 5.71. The minimum absolute atomic E-state index is 0.578. The summed E-state index contributed by atoms with van der Waals surface area (Å²) in [7, 11) is 0. The second-order valence-corrected chi connectivity index (χ2v) is 6.17. The zero-order chi connectivity index (χ0) is 15.5. The number of rotatable bonds is 3. The molecule has 0 saturated heterocycles. The maximum absolute atomic E-state index is 2.30. The van der Waals surface area contributed by atoms with Gasteiger partial charge < -0.3 is 0 Å². The molecule has 0 unspecified atom stereocenters. The maximum Gasteiger partial charge on any atom is -0.0181 e. The fourth-order valence-corrected chi connectivity index (χ4v) is 2.99. The third-order valence-corrected chi connectivity index (χ3v) is 4.22. The Kier molecular flexibility index (Phi) is 4.11. The molecule has 0 amide bonds. The molecule has 0 bridgehead atoms. The molecule has 0 heteroatoms. The van der Waals surface area contributed by atoms with E-state index in [-0.39, 0.29) is 0 Å². The van der Waals surface area contributed by atoms with E-state index < -0.39 is 0 Å². The van der Waals surface area contributed by atoms with Gasteiger partial charge in [0.15, 0.2) is 0 Å². The van der Waals surface area contributed by atoms with Gasteiger partial charge in [0.05, 0.1) is 0 Å². The van der Waals surface area contributed by atoms with Gasteiger partial charge in [-0.05, 0) is 46.2 Å². The summed E-state index contributed by atoms with van der Waals surface area (Å²) in [6.45, 7) is 6.70. The molecule has 3 aromatic carbocycles. The Labute approximate surface area is 133 Å². The van der Waals surface area contributed by atoms with Gasteiger partial charge in [-0.2, -0.15) is 0 Å². The van der Waals surface area contributed by atoms with E-state index in [0.29, 0.717) is 5.92 Å². The third kappa shape index (κ3) is 2.96. The predicted molar refractivity (Wildman–Crippen MR) is 96.1 cm³/mol. The predicted octanol–water partition coefficient (Wildman–Crippen LogP) is 6.45. The van der Waals surface area contributed by atoms with Crippen LogP contribution < -0.4 is 0 Å². The van der Waals surface area contributed by atoms with Crippen LogP contribution in [0.25, 0.3) is 22.3 Å². The van der Waals surface area contributed by atoms with Crippen molar-refractivity contribution in [2.24, 2.45) is 0 Å². The quantitative estimate of drug-likeness (QED) is 0.519. The fraction of sp³-hybridized carbons (Fsp3) is 0.182. The molecule has 22 heavy (non-hydrogen) atoms. The molecule has 110 valence electrons. The van der Waals surface area contributed by atoms with Crippen LogP contribution in [0, 0.1) is 6.92 Å². The van der Waals surface area contributed by atoms with Crippen molar-refractivity contribution >= 4 is 0 Å². The lowest BCUT2D eigenvalue weighted by Gasteiger charge is -2.12. The van der Waals surface area contributed by atoms with Crippen LogP contribution in [0.2, 0.25) is 0 Å². The SMILES string of the molecule is Cc1cc(-c2ccc(-c3ccccc3)cc2)ccc1C(C)C. The standard InChI is InChI=1S/C22H22/c1-16(2)22-14-13-21(15-17(22)3)20-11-9-19(10-12-20)18-7-5-4-6-8-18/h4-16H,1-3H3. The van der Waals surface area contributed by atoms with Gasteiger partial charge in [-0.15, -0.1) is 0 Å². The van der Waals surface area contributed by atoms with Crippen LogP contribution >= 0.6 is 0 Å². The summed E-state index contributed by atoms with van der Waals surface area (Å²) in [4.78, 5) is 0. The van der Waals surface area contributed by atoms with E-state index in [0.717, 1.165) is 0 Å². The van der Waals surface area contributed by atoms with E-state index in [9.17, 15) is 0 Å².